The fourth-order valence-electron chi connectivity index (χ4n) is 1.58. The molecular formula is C13H14N2O3S2. The Balaban J connectivity index is 2.02. The fourth-order valence-corrected chi connectivity index (χ4v) is 3.27. The molecule has 0 fully saturated rings. The van der Waals surface area contributed by atoms with E-state index < -0.39 is 0 Å². The van der Waals surface area contributed by atoms with E-state index in [2.05, 4.69) is 15.0 Å². The predicted molar refractivity (Wildman–Crippen MR) is 79.1 cm³/mol. The Hall–Kier alpha value is -1.73. The van der Waals surface area contributed by atoms with Crippen LogP contribution in [0, 0.1) is 6.92 Å². The Morgan fingerprint density at radius 2 is 2.25 bits per heavy atom. The van der Waals surface area contributed by atoms with Crippen molar-refractivity contribution in [2.75, 3.05) is 13.7 Å². The molecule has 0 unspecified atom stereocenters. The third-order valence-corrected chi connectivity index (χ3v) is 4.50. The van der Waals surface area contributed by atoms with Crippen molar-refractivity contribution in [2.24, 2.45) is 0 Å². The van der Waals surface area contributed by atoms with E-state index in [1.54, 1.807) is 11.3 Å². The summed E-state index contributed by atoms with van der Waals surface area (Å²) in [6.07, 6.45) is 0.164. The van der Waals surface area contributed by atoms with Gasteiger partial charge in [-0.1, -0.05) is 0 Å². The van der Waals surface area contributed by atoms with Gasteiger partial charge in [0, 0.05) is 17.5 Å². The van der Waals surface area contributed by atoms with Crippen LogP contribution in [-0.4, -0.2) is 30.5 Å². The number of hydrogen-bond acceptors (Lipinski definition) is 6. The molecule has 0 bridgehead atoms. The smallest absolute Gasteiger partial charge is 0.307 e. The van der Waals surface area contributed by atoms with Crippen LogP contribution in [0.2, 0.25) is 0 Å². The molecule has 1 N–H and O–H groups in total. The summed E-state index contributed by atoms with van der Waals surface area (Å²) in [6.45, 7) is 2.07. The highest BCUT2D eigenvalue weighted by Crippen LogP contribution is 2.29. The van der Waals surface area contributed by atoms with Crippen molar-refractivity contribution in [3.63, 3.8) is 0 Å². The van der Waals surface area contributed by atoms with Gasteiger partial charge in [0.1, 0.15) is 9.88 Å². The average Bonchev–Trinajstić information content (AvgIpc) is 3.07. The van der Waals surface area contributed by atoms with Gasteiger partial charge in [0.15, 0.2) is 0 Å². The lowest BCUT2D eigenvalue weighted by atomic mass is 10.3. The lowest BCUT2D eigenvalue weighted by Gasteiger charge is -2.02. The maximum absolute atomic E-state index is 12.0. The van der Waals surface area contributed by atoms with Crippen molar-refractivity contribution >= 4 is 34.6 Å². The van der Waals surface area contributed by atoms with Crippen molar-refractivity contribution in [3.8, 4) is 10.6 Å². The van der Waals surface area contributed by atoms with Crippen LogP contribution < -0.4 is 5.32 Å². The quantitative estimate of drug-likeness (QED) is 0.861. The summed E-state index contributed by atoms with van der Waals surface area (Å²) in [7, 11) is 1.32. The minimum atomic E-state index is -0.342. The largest absolute Gasteiger partial charge is 0.469 e. The van der Waals surface area contributed by atoms with E-state index in [9.17, 15) is 9.59 Å². The first-order chi connectivity index (χ1) is 9.61. The van der Waals surface area contributed by atoms with Crippen LogP contribution in [0.1, 0.15) is 21.8 Å². The minimum absolute atomic E-state index is 0.164. The zero-order valence-corrected chi connectivity index (χ0v) is 12.8. The van der Waals surface area contributed by atoms with E-state index in [1.807, 2.05) is 23.8 Å². The van der Waals surface area contributed by atoms with Crippen LogP contribution in [0.3, 0.4) is 0 Å². The first-order valence-electron chi connectivity index (χ1n) is 5.97. The van der Waals surface area contributed by atoms with E-state index >= 15 is 0 Å². The van der Waals surface area contributed by atoms with Crippen LogP contribution in [-0.2, 0) is 9.53 Å². The van der Waals surface area contributed by atoms with Gasteiger partial charge in [-0.3, -0.25) is 9.59 Å². The summed E-state index contributed by atoms with van der Waals surface area (Å²) < 4.78 is 4.52. The molecule has 7 heteroatoms. The number of esters is 1. The molecule has 0 saturated carbocycles. The third kappa shape index (κ3) is 3.43. The molecule has 2 heterocycles. The van der Waals surface area contributed by atoms with Gasteiger partial charge >= 0.3 is 5.97 Å². The summed E-state index contributed by atoms with van der Waals surface area (Å²) in [6, 6.07) is 1.97. The molecule has 0 aliphatic carbocycles. The number of nitrogens with zero attached hydrogens (tertiary/aromatic N) is 1. The monoisotopic (exact) mass is 310 g/mol. The summed E-state index contributed by atoms with van der Waals surface area (Å²) in [5.74, 6) is -0.546. The van der Waals surface area contributed by atoms with Gasteiger partial charge in [-0.15, -0.1) is 11.3 Å². The normalized spacial score (nSPS) is 10.3. The van der Waals surface area contributed by atoms with E-state index in [-0.39, 0.29) is 24.8 Å². The van der Waals surface area contributed by atoms with E-state index in [4.69, 9.17) is 0 Å². The van der Waals surface area contributed by atoms with Gasteiger partial charge < -0.3 is 10.1 Å². The number of aromatic nitrogens is 1. The highest BCUT2D eigenvalue weighted by atomic mass is 32.1. The number of thiophene rings is 1. The third-order valence-electron chi connectivity index (χ3n) is 2.61. The Morgan fingerprint density at radius 1 is 1.45 bits per heavy atom. The molecule has 5 nitrogen and oxygen atoms in total. The molecule has 1 amide bonds. The number of nitrogens with one attached hydrogen (secondary N) is 1. The molecule has 0 spiro atoms. The number of rotatable bonds is 5. The van der Waals surface area contributed by atoms with E-state index in [1.165, 1.54) is 18.4 Å². The molecule has 0 aliphatic rings. The lowest BCUT2D eigenvalue weighted by Crippen LogP contribution is -2.26. The maximum Gasteiger partial charge on any atom is 0.307 e. The van der Waals surface area contributed by atoms with Crippen molar-refractivity contribution < 1.29 is 14.3 Å². The van der Waals surface area contributed by atoms with Gasteiger partial charge in [0.25, 0.3) is 5.91 Å². The number of carbonyl (C=O) groups is 2. The number of hydrogen-bond donors (Lipinski definition) is 1. The zero-order valence-electron chi connectivity index (χ0n) is 11.1. The summed E-state index contributed by atoms with van der Waals surface area (Å²) >= 11 is 2.95. The van der Waals surface area contributed by atoms with Crippen molar-refractivity contribution in [1.29, 1.82) is 0 Å². The van der Waals surface area contributed by atoms with Crippen LogP contribution in [0.5, 0.6) is 0 Å². The van der Waals surface area contributed by atoms with Crippen LogP contribution in [0.25, 0.3) is 10.6 Å². The van der Waals surface area contributed by atoms with E-state index in [0.29, 0.717) is 10.6 Å². The summed E-state index contributed by atoms with van der Waals surface area (Å²) in [4.78, 5) is 28.0. The van der Waals surface area contributed by atoms with Gasteiger partial charge in [-0.2, -0.15) is 11.3 Å². The molecule has 2 aromatic heterocycles. The Kier molecular flexibility index (Phi) is 4.86. The Bertz CT molecular complexity index is 605. The topological polar surface area (TPSA) is 68.3 Å². The first kappa shape index (κ1) is 14.7. The van der Waals surface area contributed by atoms with Gasteiger partial charge in [0.2, 0.25) is 0 Å². The SMILES string of the molecule is COC(=O)CCNC(=O)c1sc(-c2ccsc2)nc1C. The van der Waals surface area contributed by atoms with Gasteiger partial charge in [0.05, 0.1) is 19.2 Å². The standard InChI is InChI=1S/C13H14N2O3S2/c1-8-11(12(17)14-5-3-10(16)18-2)20-13(15-8)9-4-6-19-7-9/h4,6-7H,3,5H2,1-2H3,(H,14,17). The molecule has 0 saturated heterocycles. The Labute approximate surface area is 124 Å². The van der Waals surface area contributed by atoms with Crippen LogP contribution in [0.15, 0.2) is 16.8 Å². The zero-order chi connectivity index (χ0) is 14.5. The molecule has 2 rings (SSSR count). The van der Waals surface area contributed by atoms with Crippen LogP contribution >= 0.6 is 22.7 Å². The molecule has 0 atom stereocenters. The molecule has 2 aromatic rings. The number of thiazole rings is 1. The Morgan fingerprint density at radius 3 is 2.90 bits per heavy atom. The van der Waals surface area contributed by atoms with Crippen molar-refractivity contribution in [2.45, 2.75) is 13.3 Å². The molecular weight excluding hydrogens is 296 g/mol. The van der Waals surface area contributed by atoms with E-state index in [0.717, 1.165) is 10.6 Å². The molecule has 0 radical (unpaired) electrons. The average molecular weight is 310 g/mol. The minimum Gasteiger partial charge on any atom is -0.469 e. The number of carbonyl (C=O) groups excluding carboxylic acids is 2. The molecule has 0 aliphatic heterocycles. The second kappa shape index (κ2) is 6.62. The second-order valence-corrected chi connectivity index (χ2v) is 5.81. The lowest BCUT2D eigenvalue weighted by molar-refractivity contribution is -0.140. The molecule has 106 valence electrons. The molecule has 20 heavy (non-hydrogen) atoms. The second-order valence-electron chi connectivity index (χ2n) is 4.03. The highest BCUT2D eigenvalue weighted by Gasteiger charge is 2.16. The number of ether oxygens (including phenoxy) is 1. The van der Waals surface area contributed by atoms with Gasteiger partial charge in [-0.05, 0) is 18.4 Å². The predicted octanol–water partition coefficient (Wildman–Crippen LogP) is 2.47. The maximum atomic E-state index is 12.0. The molecule has 0 aromatic carbocycles. The first-order valence-corrected chi connectivity index (χ1v) is 7.72. The number of aryl methyl sites for hydroxylation is 1. The number of methoxy groups -OCH3 is 1. The summed E-state index contributed by atoms with van der Waals surface area (Å²) in [5, 5.41) is 7.50. The fraction of sp³-hybridized carbons (Fsp3) is 0.308. The summed E-state index contributed by atoms with van der Waals surface area (Å²) in [5.41, 5.74) is 1.73. The number of amides is 1. The van der Waals surface area contributed by atoms with Gasteiger partial charge in [-0.25, -0.2) is 4.98 Å². The highest BCUT2D eigenvalue weighted by molar-refractivity contribution is 7.17. The van der Waals surface area contributed by atoms with Crippen molar-refractivity contribution in [1.82, 2.24) is 10.3 Å². The van der Waals surface area contributed by atoms with Crippen LogP contribution in [0.4, 0.5) is 0 Å². The van der Waals surface area contributed by atoms with Crippen molar-refractivity contribution in [3.05, 3.63) is 27.4 Å².